The fourth-order valence-corrected chi connectivity index (χ4v) is 4.19. The second-order valence-electron chi connectivity index (χ2n) is 6.92. The molecule has 1 aromatic carbocycles. The molecule has 2 aromatic heterocycles. The van der Waals surface area contributed by atoms with Crippen molar-refractivity contribution < 1.29 is 13.6 Å². The lowest BCUT2D eigenvalue weighted by Crippen LogP contribution is -2.29. The summed E-state index contributed by atoms with van der Waals surface area (Å²) in [5, 5.41) is 6.80. The first kappa shape index (κ1) is 19.8. The van der Waals surface area contributed by atoms with Crippen molar-refractivity contribution in [1.29, 1.82) is 0 Å². The van der Waals surface area contributed by atoms with Crippen molar-refractivity contribution in [3.05, 3.63) is 69.0 Å². The Labute approximate surface area is 175 Å². The highest BCUT2D eigenvalue weighted by molar-refractivity contribution is 7.71. The molecule has 2 N–H and O–H groups in total. The average molecular weight is 438 g/mol. The number of H-pyrrole nitrogens is 1. The summed E-state index contributed by atoms with van der Waals surface area (Å²) in [5.74, 6) is -1.97. The number of carbonyl (C=O) groups is 1. The van der Waals surface area contributed by atoms with Crippen molar-refractivity contribution in [3.8, 4) is 0 Å². The fraction of sp³-hybridized carbons (Fsp3) is 0.316. The molecule has 6 nitrogen and oxygen atoms in total. The number of hydrogen-bond donors (Lipinski definition) is 2. The molecule has 1 unspecified atom stereocenters. The quantitative estimate of drug-likeness (QED) is 0.459. The highest BCUT2D eigenvalue weighted by Crippen LogP contribution is 2.36. The number of fused-ring (bicyclic) bond motifs is 1. The summed E-state index contributed by atoms with van der Waals surface area (Å²) >= 11 is 11.2. The third kappa shape index (κ3) is 3.97. The topological polar surface area (TPSA) is 67.6 Å². The molecule has 3 heterocycles. The maximum absolute atomic E-state index is 14.4. The monoisotopic (exact) mass is 437 g/mol. The molecule has 0 aliphatic carbocycles. The molecule has 1 aliphatic heterocycles. The number of nitrogens with zero attached hydrogens (tertiary/aromatic N) is 3. The molecular weight excluding hydrogens is 420 g/mol. The summed E-state index contributed by atoms with van der Waals surface area (Å²) < 4.78 is 32.6. The van der Waals surface area contributed by atoms with Gasteiger partial charge in [0, 0.05) is 48.4 Å². The summed E-state index contributed by atoms with van der Waals surface area (Å²) in [5.41, 5.74) is 1.42. The van der Waals surface area contributed by atoms with Gasteiger partial charge in [0.25, 0.3) is 0 Å². The van der Waals surface area contributed by atoms with Crippen LogP contribution in [-0.4, -0.2) is 31.8 Å². The van der Waals surface area contributed by atoms with E-state index in [0.717, 1.165) is 5.69 Å². The van der Waals surface area contributed by atoms with E-state index in [1.807, 2.05) is 12.3 Å². The predicted octanol–water partition coefficient (Wildman–Crippen LogP) is 3.37. The number of carbonyl (C=O) groups excluding carboxylic acids is 1. The van der Waals surface area contributed by atoms with Gasteiger partial charge in [-0.05, 0) is 36.8 Å². The molecule has 4 rings (SSSR count). The Bertz CT molecular complexity index is 1110. The van der Waals surface area contributed by atoms with E-state index < -0.39 is 17.6 Å². The molecule has 10 heteroatoms. The molecule has 1 atom stereocenters. The minimum Gasteiger partial charge on any atom is -0.354 e. The third-order valence-corrected chi connectivity index (χ3v) is 5.68. The molecule has 0 saturated heterocycles. The second-order valence-corrected chi connectivity index (χ2v) is 7.71. The molecule has 3 aromatic rings. The summed E-state index contributed by atoms with van der Waals surface area (Å²) in [6.45, 7) is 1.34. The number of imidazole rings is 1. The predicted molar refractivity (Wildman–Crippen MR) is 106 cm³/mol. The lowest BCUT2D eigenvalue weighted by atomic mass is 9.95. The Morgan fingerprint density at radius 3 is 3.00 bits per heavy atom. The van der Waals surface area contributed by atoms with Crippen molar-refractivity contribution in [2.75, 3.05) is 6.54 Å². The van der Waals surface area contributed by atoms with Gasteiger partial charge in [-0.1, -0.05) is 11.6 Å². The molecule has 1 aliphatic rings. The molecule has 152 valence electrons. The van der Waals surface area contributed by atoms with Crippen LogP contribution in [0.15, 0.2) is 30.6 Å². The van der Waals surface area contributed by atoms with Crippen LogP contribution in [0.1, 0.15) is 22.9 Å². The molecule has 29 heavy (non-hydrogen) atoms. The van der Waals surface area contributed by atoms with Crippen LogP contribution in [0.25, 0.3) is 0 Å². The average Bonchev–Trinajstić information content (AvgIpc) is 3.39. The van der Waals surface area contributed by atoms with Crippen molar-refractivity contribution in [2.24, 2.45) is 0 Å². The summed E-state index contributed by atoms with van der Waals surface area (Å²) in [4.78, 5) is 15.4. The van der Waals surface area contributed by atoms with Crippen molar-refractivity contribution >= 4 is 29.7 Å². The molecule has 0 radical (unpaired) electrons. The van der Waals surface area contributed by atoms with Crippen LogP contribution in [0.2, 0.25) is 5.02 Å². The molecule has 0 fully saturated rings. The van der Waals surface area contributed by atoms with E-state index in [1.54, 1.807) is 15.4 Å². The molecular formula is C19H18ClF2N5OS. The smallest absolute Gasteiger partial charge is 0.226 e. The van der Waals surface area contributed by atoms with E-state index in [0.29, 0.717) is 36.5 Å². The maximum Gasteiger partial charge on any atom is 0.226 e. The van der Waals surface area contributed by atoms with E-state index in [1.165, 1.54) is 12.1 Å². The zero-order valence-electron chi connectivity index (χ0n) is 15.3. The van der Waals surface area contributed by atoms with Gasteiger partial charge in [0.2, 0.25) is 5.91 Å². The van der Waals surface area contributed by atoms with Crippen LogP contribution < -0.4 is 5.32 Å². The van der Waals surface area contributed by atoms with E-state index in [-0.39, 0.29) is 22.9 Å². The van der Waals surface area contributed by atoms with Gasteiger partial charge >= 0.3 is 0 Å². The van der Waals surface area contributed by atoms with Gasteiger partial charge in [-0.3, -0.25) is 9.48 Å². The van der Waals surface area contributed by atoms with Crippen LogP contribution in [-0.2, 0) is 30.7 Å². The van der Waals surface area contributed by atoms with Gasteiger partial charge < -0.3 is 14.9 Å². The van der Waals surface area contributed by atoms with Crippen LogP contribution in [0.4, 0.5) is 8.78 Å². The number of amides is 1. The van der Waals surface area contributed by atoms with Crippen molar-refractivity contribution in [2.45, 2.75) is 31.8 Å². The number of nitrogens with one attached hydrogen (secondary N) is 2. The van der Waals surface area contributed by atoms with Gasteiger partial charge in [-0.25, -0.2) is 8.78 Å². The summed E-state index contributed by atoms with van der Waals surface area (Å²) in [6.07, 6.45) is 3.97. The molecule has 0 saturated carbocycles. The standard InChI is InChI=1S/C19H18ClF2N5OS/c20-12-2-3-13(21)17(18(12)22)11-8-15-14(25-19(29)27(15)10-11)9-16(28)23-5-7-26-6-1-4-24-26/h1-4,6,11H,5,7-10H2,(H,23,28)(H,25,29). The summed E-state index contributed by atoms with van der Waals surface area (Å²) in [7, 11) is 0. The summed E-state index contributed by atoms with van der Waals surface area (Å²) in [6, 6.07) is 4.19. The number of halogens is 3. The van der Waals surface area contributed by atoms with Gasteiger partial charge in [-0.15, -0.1) is 0 Å². The SMILES string of the molecule is O=C(Cc1[nH]c(=S)n2c1CC(c1c(F)ccc(Cl)c1F)C2)NCCn1cccn1. The van der Waals surface area contributed by atoms with Crippen LogP contribution in [0.5, 0.6) is 0 Å². The van der Waals surface area contributed by atoms with E-state index in [9.17, 15) is 13.6 Å². The number of hydrogen-bond acceptors (Lipinski definition) is 3. The number of rotatable bonds is 6. The highest BCUT2D eigenvalue weighted by atomic mass is 35.5. The van der Waals surface area contributed by atoms with E-state index in [2.05, 4.69) is 15.4 Å². The van der Waals surface area contributed by atoms with Crippen LogP contribution >= 0.6 is 23.8 Å². The largest absolute Gasteiger partial charge is 0.354 e. The molecule has 1 amide bonds. The minimum atomic E-state index is -0.741. The lowest BCUT2D eigenvalue weighted by molar-refractivity contribution is -0.120. The number of benzene rings is 1. The van der Waals surface area contributed by atoms with Crippen molar-refractivity contribution in [3.63, 3.8) is 0 Å². The van der Waals surface area contributed by atoms with Gasteiger partial charge in [0.05, 0.1) is 18.0 Å². The zero-order valence-corrected chi connectivity index (χ0v) is 16.9. The van der Waals surface area contributed by atoms with E-state index in [4.69, 9.17) is 23.8 Å². The Morgan fingerprint density at radius 2 is 2.24 bits per heavy atom. The van der Waals surface area contributed by atoms with E-state index >= 15 is 0 Å². The van der Waals surface area contributed by atoms with Gasteiger partial charge in [0.15, 0.2) is 4.77 Å². The first-order valence-electron chi connectivity index (χ1n) is 9.12. The Balaban J connectivity index is 1.46. The first-order chi connectivity index (χ1) is 13.9. The normalized spacial score (nSPS) is 15.5. The maximum atomic E-state index is 14.4. The van der Waals surface area contributed by atoms with Crippen LogP contribution in [0.3, 0.4) is 0 Å². The third-order valence-electron chi connectivity index (χ3n) is 5.07. The Hall–Kier alpha value is -2.52. The molecule has 0 bridgehead atoms. The number of aromatic nitrogens is 4. The highest BCUT2D eigenvalue weighted by Gasteiger charge is 2.31. The van der Waals surface area contributed by atoms with Crippen LogP contribution in [0, 0.1) is 16.4 Å². The van der Waals surface area contributed by atoms with Gasteiger partial charge in [-0.2, -0.15) is 5.10 Å². The van der Waals surface area contributed by atoms with Gasteiger partial charge in [0.1, 0.15) is 11.6 Å². The lowest BCUT2D eigenvalue weighted by Gasteiger charge is -2.13. The van der Waals surface area contributed by atoms with Crippen molar-refractivity contribution in [1.82, 2.24) is 24.6 Å². The fourth-order valence-electron chi connectivity index (χ4n) is 3.72. The minimum absolute atomic E-state index is 0.0368. The molecule has 0 spiro atoms. The second kappa shape index (κ2) is 8.08. The first-order valence-corrected chi connectivity index (χ1v) is 9.90. The number of aromatic amines is 1. The zero-order chi connectivity index (χ0) is 20.5. The Kier molecular flexibility index (Phi) is 5.51. The Morgan fingerprint density at radius 1 is 1.41 bits per heavy atom.